The van der Waals surface area contributed by atoms with Gasteiger partial charge in [0, 0.05) is 38.0 Å². The minimum absolute atomic E-state index is 0.0223. The molecule has 2 rings (SSSR count). The van der Waals surface area contributed by atoms with Gasteiger partial charge in [-0.05, 0) is 38.1 Å². The second-order valence-corrected chi connectivity index (χ2v) is 7.18. The molecule has 2 amide bonds. The molecule has 1 aromatic heterocycles. The van der Waals surface area contributed by atoms with Crippen molar-refractivity contribution in [3.8, 4) is 0 Å². The van der Waals surface area contributed by atoms with Crippen LogP contribution in [-0.2, 0) is 20.9 Å². The standard InChI is InChI=1S/C19H25FN4O3S/c1-13-14(2)23(10-11-27-3)19(22-13)28-12-18(26)24(9-8-17(21)25)16-6-4-15(20)5-7-16/h4-7H,8-12H2,1-3H3,(H2,21,25). The van der Waals surface area contributed by atoms with E-state index in [4.69, 9.17) is 10.5 Å². The number of rotatable bonds is 10. The van der Waals surface area contributed by atoms with Crippen LogP contribution in [0.5, 0.6) is 0 Å². The van der Waals surface area contributed by atoms with Crippen molar-refractivity contribution in [2.75, 3.05) is 30.9 Å². The SMILES string of the molecule is COCCn1c(SCC(=O)N(CCC(N)=O)c2ccc(F)cc2)nc(C)c1C. The lowest BCUT2D eigenvalue weighted by molar-refractivity contribution is -0.118. The van der Waals surface area contributed by atoms with E-state index >= 15 is 0 Å². The Morgan fingerprint density at radius 1 is 1.29 bits per heavy atom. The number of anilines is 1. The Hall–Kier alpha value is -2.39. The number of carbonyl (C=O) groups excluding carboxylic acids is 2. The number of thioether (sulfide) groups is 1. The maximum atomic E-state index is 13.2. The van der Waals surface area contributed by atoms with E-state index < -0.39 is 11.7 Å². The molecule has 2 N–H and O–H groups in total. The predicted octanol–water partition coefficient (Wildman–Crippen LogP) is 2.29. The molecule has 152 valence electrons. The Morgan fingerprint density at radius 2 is 1.96 bits per heavy atom. The van der Waals surface area contributed by atoms with Crippen LogP contribution in [0.4, 0.5) is 10.1 Å². The monoisotopic (exact) mass is 408 g/mol. The number of benzene rings is 1. The highest BCUT2D eigenvalue weighted by molar-refractivity contribution is 7.99. The van der Waals surface area contributed by atoms with Crippen molar-refractivity contribution >= 4 is 29.3 Å². The number of aromatic nitrogens is 2. The van der Waals surface area contributed by atoms with Gasteiger partial charge in [-0.25, -0.2) is 9.37 Å². The van der Waals surface area contributed by atoms with Crippen LogP contribution in [0.25, 0.3) is 0 Å². The van der Waals surface area contributed by atoms with Crippen LogP contribution in [0.2, 0.25) is 0 Å². The second kappa shape index (κ2) is 10.2. The molecule has 0 aliphatic carbocycles. The first-order valence-electron chi connectivity index (χ1n) is 8.83. The minimum Gasteiger partial charge on any atom is -0.383 e. The molecule has 0 saturated heterocycles. The number of hydrogen-bond acceptors (Lipinski definition) is 5. The van der Waals surface area contributed by atoms with E-state index in [0.717, 1.165) is 16.5 Å². The van der Waals surface area contributed by atoms with Gasteiger partial charge in [0.1, 0.15) is 5.82 Å². The summed E-state index contributed by atoms with van der Waals surface area (Å²) >= 11 is 1.32. The maximum Gasteiger partial charge on any atom is 0.237 e. The van der Waals surface area contributed by atoms with Gasteiger partial charge >= 0.3 is 0 Å². The van der Waals surface area contributed by atoms with E-state index in [1.54, 1.807) is 7.11 Å². The van der Waals surface area contributed by atoms with Gasteiger partial charge in [-0.2, -0.15) is 0 Å². The quantitative estimate of drug-likeness (QED) is 0.609. The average Bonchev–Trinajstić information content (AvgIpc) is 2.93. The summed E-state index contributed by atoms with van der Waals surface area (Å²) in [7, 11) is 1.63. The largest absolute Gasteiger partial charge is 0.383 e. The number of carbonyl (C=O) groups is 2. The number of hydrogen-bond donors (Lipinski definition) is 1. The fourth-order valence-corrected chi connectivity index (χ4v) is 3.62. The van der Waals surface area contributed by atoms with Gasteiger partial charge in [0.2, 0.25) is 11.8 Å². The number of primary amides is 1. The maximum absolute atomic E-state index is 13.2. The van der Waals surface area contributed by atoms with Crippen molar-refractivity contribution in [1.29, 1.82) is 0 Å². The third-order valence-electron chi connectivity index (χ3n) is 4.29. The van der Waals surface area contributed by atoms with E-state index in [2.05, 4.69) is 4.98 Å². The normalized spacial score (nSPS) is 10.9. The van der Waals surface area contributed by atoms with Crippen LogP contribution in [0, 0.1) is 19.7 Å². The van der Waals surface area contributed by atoms with Crippen LogP contribution < -0.4 is 10.6 Å². The molecular weight excluding hydrogens is 383 g/mol. The zero-order valence-corrected chi connectivity index (χ0v) is 17.1. The van der Waals surface area contributed by atoms with Gasteiger partial charge in [0.25, 0.3) is 0 Å². The molecule has 2 aromatic rings. The molecule has 0 aliphatic rings. The highest BCUT2D eigenvalue weighted by Gasteiger charge is 2.19. The van der Waals surface area contributed by atoms with Crippen molar-refractivity contribution < 1.29 is 18.7 Å². The number of ether oxygens (including phenoxy) is 1. The molecule has 0 bridgehead atoms. The predicted molar refractivity (Wildman–Crippen MR) is 107 cm³/mol. The Morgan fingerprint density at radius 3 is 2.57 bits per heavy atom. The third kappa shape index (κ3) is 5.80. The Bertz CT molecular complexity index is 823. The van der Waals surface area contributed by atoms with Crippen LogP contribution in [0.3, 0.4) is 0 Å². The number of amides is 2. The molecule has 0 saturated carbocycles. The van der Waals surface area contributed by atoms with Gasteiger partial charge < -0.3 is 19.9 Å². The number of imidazole rings is 1. The number of nitrogens with two attached hydrogens (primary N) is 1. The third-order valence-corrected chi connectivity index (χ3v) is 5.25. The lowest BCUT2D eigenvalue weighted by atomic mass is 10.2. The Balaban J connectivity index is 2.14. The molecule has 9 heteroatoms. The van der Waals surface area contributed by atoms with E-state index in [9.17, 15) is 14.0 Å². The molecule has 1 aromatic carbocycles. The zero-order valence-electron chi connectivity index (χ0n) is 16.3. The van der Waals surface area contributed by atoms with Gasteiger partial charge in [-0.15, -0.1) is 0 Å². The zero-order chi connectivity index (χ0) is 20.7. The van der Waals surface area contributed by atoms with Gasteiger partial charge in [-0.3, -0.25) is 9.59 Å². The molecule has 0 fully saturated rings. The molecule has 7 nitrogen and oxygen atoms in total. The average molecular weight is 408 g/mol. The molecule has 0 aliphatic heterocycles. The van der Waals surface area contributed by atoms with Gasteiger partial charge in [0.05, 0.1) is 18.1 Å². The lowest BCUT2D eigenvalue weighted by Gasteiger charge is -2.22. The summed E-state index contributed by atoms with van der Waals surface area (Å²) in [6.07, 6.45) is 0.0223. The highest BCUT2D eigenvalue weighted by Crippen LogP contribution is 2.23. The number of aryl methyl sites for hydroxylation is 1. The summed E-state index contributed by atoms with van der Waals surface area (Å²) in [6, 6.07) is 5.56. The Kier molecular flexibility index (Phi) is 8.01. The summed E-state index contributed by atoms with van der Waals surface area (Å²) < 4.78 is 20.4. The molecule has 28 heavy (non-hydrogen) atoms. The minimum atomic E-state index is -0.506. The first-order valence-corrected chi connectivity index (χ1v) is 9.81. The molecule has 0 atom stereocenters. The lowest BCUT2D eigenvalue weighted by Crippen LogP contribution is -2.35. The van der Waals surface area contributed by atoms with Crippen molar-refractivity contribution in [2.24, 2.45) is 5.73 Å². The fraction of sp³-hybridized carbons (Fsp3) is 0.421. The van der Waals surface area contributed by atoms with Crippen LogP contribution >= 0.6 is 11.8 Å². The summed E-state index contributed by atoms with van der Waals surface area (Å²) in [5.41, 5.74) is 7.67. The highest BCUT2D eigenvalue weighted by atomic mass is 32.2. The molecule has 0 spiro atoms. The number of methoxy groups -OCH3 is 1. The topological polar surface area (TPSA) is 90.5 Å². The van der Waals surface area contributed by atoms with E-state index in [-0.39, 0.29) is 24.6 Å². The van der Waals surface area contributed by atoms with Gasteiger partial charge in [-0.1, -0.05) is 11.8 Å². The molecule has 0 unspecified atom stereocenters. The summed E-state index contributed by atoms with van der Waals surface area (Å²) in [4.78, 5) is 30.0. The van der Waals surface area contributed by atoms with Crippen molar-refractivity contribution in [3.05, 3.63) is 41.5 Å². The second-order valence-electron chi connectivity index (χ2n) is 6.24. The summed E-state index contributed by atoms with van der Waals surface area (Å²) in [5, 5.41) is 0.731. The fourth-order valence-electron chi connectivity index (χ4n) is 2.62. The van der Waals surface area contributed by atoms with Crippen LogP contribution in [0.1, 0.15) is 17.8 Å². The Labute approximate surface area is 168 Å². The summed E-state index contributed by atoms with van der Waals surface area (Å²) in [6.45, 7) is 5.21. The van der Waals surface area contributed by atoms with E-state index in [1.807, 2.05) is 18.4 Å². The van der Waals surface area contributed by atoms with Crippen LogP contribution in [-0.4, -0.2) is 47.4 Å². The molecular formula is C19H25FN4O3S. The first kappa shape index (κ1) is 21.9. The molecule has 0 radical (unpaired) electrons. The van der Waals surface area contributed by atoms with Crippen LogP contribution in [0.15, 0.2) is 29.4 Å². The number of halogens is 1. The van der Waals surface area contributed by atoms with Gasteiger partial charge in [0.15, 0.2) is 5.16 Å². The van der Waals surface area contributed by atoms with Crippen molar-refractivity contribution in [3.63, 3.8) is 0 Å². The van der Waals surface area contributed by atoms with Crippen molar-refractivity contribution in [2.45, 2.75) is 32.0 Å². The number of nitrogens with zero attached hydrogens (tertiary/aromatic N) is 3. The van der Waals surface area contributed by atoms with E-state index in [1.165, 1.54) is 40.9 Å². The van der Waals surface area contributed by atoms with E-state index in [0.29, 0.717) is 18.8 Å². The smallest absolute Gasteiger partial charge is 0.237 e. The molecule has 1 heterocycles. The summed E-state index contributed by atoms with van der Waals surface area (Å²) in [5.74, 6) is -0.992. The van der Waals surface area contributed by atoms with Crippen molar-refractivity contribution in [1.82, 2.24) is 9.55 Å². The first-order chi connectivity index (χ1) is 13.3.